The van der Waals surface area contributed by atoms with E-state index in [0.29, 0.717) is 13.2 Å². The lowest BCUT2D eigenvalue weighted by molar-refractivity contribution is -0.133. The van der Waals surface area contributed by atoms with Crippen LogP contribution in [0.3, 0.4) is 0 Å². The first-order valence-corrected chi connectivity index (χ1v) is 12.0. The predicted octanol–water partition coefficient (Wildman–Crippen LogP) is 2.56. The zero-order chi connectivity index (χ0) is 23.0. The normalized spacial score (nSPS) is 17.8. The summed E-state index contributed by atoms with van der Waals surface area (Å²) in [5, 5.41) is 0. The predicted molar refractivity (Wildman–Crippen MR) is 131 cm³/mol. The van der Waals surface area contributed by atoms with E-state index < -0.39 is 0 Å². The number of carbonyl (C=O) groups excluding carboxylic acids is 1. The Morgan fingerprint density at radius 1 is 0.788 bits per heavy atom. The number of ether oxygens (including phenoxy) is 2. The van der Waals surface area contributed by atoms with E-state index in [2.05, 4.69) is 39.0 Å². The van der Waals surface area contributed by atoms with Crippen molar-refractivity contribution in [3.05, 3.63) is 54.1 Å². The summed E-state index contributed by atoms with van der Waals surface area (Å²) in [6.07, 6.45) is 0. The van der Waals surface area contributed by atoms with E-state index in [1.54, 1.807) is 7.11 Å². The van der Waals surface area contributed by atoms with Crippen LogP contribution in [0, 0.1) is 0 Å². The van der Waals surface area contributed by atoms with Crippen molar-refractivity contribution >= 4 is 11.6 Å². The van der Waals surface area contributed by atoms with Gasteiger partial charge in [0.05, 0.1) is 20.3 Å². The monoisotopic (exact) mass is 452 g/mol. The fraction of sp³-hybridized carbons (Fsp3) is 0.500. The molecule has 2 fully saturated rings. The quantitative estimate of drug-likeness (QED) is 0.614. The Hall–Kier alpha value is -2.77. The van der Waals surface area contributed by atoms with Crippen molar-refractivity contribution in [1.29, 1.82) is 0 Å². The van der Waals surface area contributed by atoms with Crippen molar-refractivity contribution < 1.29 is 14.3 Å². The second-order valence-corrected chi connectivity index (χ2v) is 8.70. The number of hydrogen-bond acceptors (Lipinski definition) is 6. The summed E-state index contributed by atoms with van der Waals surface area (Å²) in [5.74, 6) is 2.05. The molecule has 0 bridgehead atoms. The van der Waals surface area contributed by atoms with Crippen LogP contribution < -0.4 is 14.4 Å². The van der Waals surface area contributed by atoms with Crippen LogP contribution in [0.5, 0.6) is 11.5 Å². The number of carbonyl (C=O) groups is 1. The molecule has 0 unspecified atom stereocenters. The Kier molecular flexibility index (Phi) is 8.07. The average molecular weight is 453 g/mol. The molecule has 2 saturated heterocycles. The molecule has 2 aliphatic heterocycles. The van der Waals surface area contributed by atoms with Gasteiger partial charge in [0.1, 0.15) is 11.5 Å². The minimum atomic E-state index is 0.254. The number of benzene rings is 2. The first-order valence-electron chi connectivity index (χ1n) is 12.0. The fourth-order valence-corrected chi connectivity index (χ4v) is 4.52. The molecule has 2 aromatic carbocycles. The average Bonchev–Trinajstić information content (AvgIpc) is 2.87. The zero-order valence-electron chi connectivity index (χ0n) is 19.9. The molecule has 0 radical (unpaired) electrons. The van der Waals surface area contributed by atoms with Crippen LogP contribution in [-0.2, 0) is 11.3 Å². The number of anilines is 1. The van der Waals surface area contributed by atoms with Crippen LogP contribution in [0.25, 0.3) is 0 Å². The molecular weight excluding hydrogens is 416 g/mol. The SMILES string of the molecule is CCOc1ccc(CN2CCN(CC(=O)N3CCN(c4ccc(OC)cc4)CC3)CC2)cc1. The smallest absolute Gasteiger partial charge is 0.236 e. The van der Waals surface area contributed by atoms with Gasteiger partial charge in [-0.05, 0) is 48.9 Å². The Labute approximate surface area is 197 Å². The first-order chi connectivity index (χ1) is 16.1. The largest absolute Gasteiger partial charge is 0.497 e. The number of nitrogens with zero attached hydrogens (tertiary/aromatic N) is 4. The third-order valence-corrected chi connectivity index (χ3v) is 6.53. The van der Waals surface area contributed by atoms with E-state index in [9.17, 15) is 4.79 Å². The van der Waals surface area contributed by atoms with Gasteiger partial charge in [0, 0.05) is 64.6 Å². The van der Waals surface area contributed by atoms with Crippen LogP contribution in [0.4, 0.5) is 5.69 Å². The number of rotatable bonds is 8. The number of hydrogen-bond donors (Lipinski definition) is 0. The lowest BCUT2D eigenvalue weighted by atomic mass is 10.2. The lowest BCUT2D eigenvalue weighted by Crippen LogP contribution is -2.53. The van der Waals surface area contributed by atoms with Gasteiger partial charge in [-0.15, -0.1) is 0 Å². The van der Waals surface area contributed by atoms with Gasteiger partial charge in [-0.3, -0.25) is 14.6 Å². The molecule has 1 amide bonds. The lowest BCUT2D eigenvalue weighted by Gasteiger charge is -2.38. The van der Waals surface area contributed by atoms with Gasteiger partial charge in [-0.1, -0.05) is 12.1 Å². The standard InChI is InChI=1S/C26H36N4O3/c1-3-33-25-8-4-22(5-9-25)20-27-12-14-28(15-13-27)21-26(31)30-18-16-29(17-19-30)23-6-10-24(32-2)11-7-23/h4-11H,3,12-21H2,1-2H3. The molecule has 2 heterocycles. The highest BCUT2D eigenvalue weighted by Gasteiger charge is 2.25. The Morgan fingerprint density at radius 2 is 1.39 bits per heavy atom. The second kappa shape index (κ2) is 11.4. The van der Waals surface area contributed by atoms with Gasteiger partial charge in [-0.25, -0.2) is 0 Å². The maximum absolute atomic E-state index is 12.9. The molecule has 7 heteroatoms. The van der Waals surface area contributed by atoms with Crippen LogP contribution in [0.2, 0.25) is 0 Å². The molecule has 178 valence electrons. The Morgan fingerprint density at radius 3 is 2.00 bits per heavy atom. The van der Waals surface area contributed by atoms with E-state index in [-0.39, 0.29) is 5.91 Å². The summed E-state index contributed by atoms with van der Waals surface area (Å²) >= 11 is 0. The van der Waals surface area contributed by atoms with Crippen LogP contribution in [-0.4, -0.2) is 93.2 Å². The number of methoxy groups -OCH3 is 1. The molecule has 0 N–H and O–H groups in total. The second-order valence-electron chi connectivity index (χ2n) is 8.70. The number of amides is 1. The van der Waals surface area contributed by atoms with Gasteiger partial charge >= 0.3 is 0 Å². The van der Waals surface area contributed by atoms with E-state index >= 15 is 0 Å². The van der Waals surface area contributed by atoms with Gasteiger partial charge in [0.15, 0.2) is 0 Å². The topological polar surface area (TPSA) is 48.5 Å². The molecule has 0 aromatic heterocycles. The minimum absolute atomic E-state index is 0.254. The summed E-state index contributed by atoms with van der Waals surface area (Å²) in [5.41, 5.74) is 2.49. The highest BCUT2D eigenvalue weighted by Crippen LogP contribution is 2.21. The third-order valence-electron chi connectivity index (χ3n) is 6.53. The maximum Gasteiger partial charge on any atom is 0.236 e. The van der Waals surface area contributed by atoms with E-state index in [1.807, 2.05) is 36.1 Å². The highest BCUT2D eigenvalue weighted by molar-refractivity contribution is 5.78. The summed E-state index contributed by atoms with van der Waals surface area (Å²) in [6, 6.07) is 16.5. The molecular formula is C26H36N4O3. The van der Waals surface area contributed by atoms with E-state index in [4.69, 9.17) is 9.47 Å². The van der Waals surface area contributed by atoms with Crippen molar-refractivity contribution in [2.24, 2.45) is 0 Å². The molecule has 0 atom stereocenters. The molecule has 2 aliphatic rings. The summed E-state index contributed by atoms with van der Waals surface area (Å²) in [4.78, 5) is 22.0. The number of piperazine rings is 2. The molecule has 7 nitrogen and oxygen atoms in total. The molecule has 0 saturated carbocycles. The molecule has 0 aliphatic carbocycles. The molecule has 33 heavy (non-hydrogen) atoms. The molecule has 2 aromatic rings. The minimum Gasteiger partial charge on any atom is -0.497 e. The third kappa shape index (κ3) is 6.39. The van der Waals surface area contributed by atoms with Gasteiger partial charge in [0.2, 0.25) is 5.91 Å². The van der Waals surface area contributed by atoms with Crippen molar-refractivity contribution in [3.63, 3.8) is 0 Å². The van der Waals surface area contributed by atoms with Crippen molar-refractivity contribution in [1.82, 2.24) is 14.7 Å². The van der Waals surface area contributed by atoms with E-state index in [1.165, 1.54) is 11.3 Å². The Bertz CT molecular complexity index is 871. The molecule has 4 rings (SSSR count). The van der Waals surface area contributed by atoms with Crippen molar-refractivity contribution in [2.45, 2.75) is 13.5 Å². The van der Waals surface area contributed by atoms with E-state index in [0.717, 1.165) is 70.4 Å². The van der Waals surface area contributed by atoms with Crippen molar-refractivity contribution in [2.75, 3.05) is 77.5 Å². The van der Waals surface area contributed by atoms with Crippen LogP contribution in [0.1, 0.15) is 12.5 Å². The Balaban J connectivity index is 1.17. The highest BCUT2D eigenvalue weighted by atomic mass is 16.5. The summed E-state index contributed by atoms with van der Waals surface area (Å²) in [7, 11) is 1.68. The van der Waals surface area contributed by atoms with Gasteiger partial charge < -0.3 is 19.3 Å². The zero-order valence-corrected chi connectivity index (χ0v) is 19.9. The maximum atomic E-state index is 12.9. The van der Waals surface area contributed by atoms with Crippen LogP contribution >= 0.6 is 0 Å². The van der Waals surface area contributed by atoms with Crippen molar-refractivity contribution in [3.8, 4) is 11.5 Å². The van der Waals surface area contributed by atoms with Gasteiger partial charge in [-0.2, -0.15) is 0 Å². The van der Waals surface area contributed by atoms with Crippen LogP contribution in [0.15, 0.2) is 48.5 Å². The summed E-state index contributed by atoms with van der Waals surface area (Å²) in [6.45, 7) is 11.3. The first kappa shape index (κ1) is 23.4. The summed E-state index contributed by atoms with van der Waals surface area (Å²) < 4.78 is 10.8. The van der Waals surface area contributed by atoms with Gasteiger partial charge in [0.25, 0.3) is 0 Å². The molecule has 0 spiro atoms. The fourth-order valence-electron chi connectivity index (χ4n) is 4.52.